The number of ether oxygens (including phenoxy) is 37. The van der Waals surface area contributed by atoms with Crippen LogP contribution < -0.4 is 0 Å². The maximum absolute atomic E-state index is 10.9. The monoisotopic (exact) mass is 1980 g/mol. The van der Waals surface area contributed by atoms with E-state index >= 15 is 0 Å². The van der Waals surface area contributed by atoms with E-state index in [4.69, 9.17) is 175 Å². The van der Waals surface area contributed by atoms with E-state index in [2.05, 4.69) is 46.4 Å². The molecule has 3 atom stereocenters. The normalized spacial score (nSPS) is 11.4. The molecule has 43 nitrogen and oxygen atoms in total. The van der Waals surface area contributed by atoms with E-state index in [1.165, 1.54) is 12.8 Å². The van der Waals surface area contributed by atoms with Crippen LogP contribution in [0.15, 0.2) is 75.9 Å². The molecule has 0 N–H and O–H groups in total. The molecular formula is C93H174O43. The first-order chi connectivity index (χ1) is 66.5. The van der Waals surface area contributed by atoms with Gasteiger partial charge >= 0.3 is 35.8 Å². The van der Waals surface area contributed by atoms with Crippen molar-refractivity contribution in [2.45, 2.75) is 65.3 Å². The minimum Gasteiger partial charge on any atom is -0.460 e. The van der Waals surface area contributed by atoms with Gasteiger partial charge in [0.2, 0.25) is 0 Å². The van der Waals surface area contributed by atoms with Crippen molar-refractivity contribution in [1.29, 1.82) is 0 Å². The van der Waals surface area contributed by atoms with Gasteiger partial charge in [-0.2, -0.15) is 0 Å². The second-order valence-corrected chi connectivity index (χ2v) is 26.4. The zero-order chi connectivity index (χ0) is 101. The van der Waals surface area contributed by atoms with Gasteiger partial charge in [0.25, 0.3) is 0 Å². The predicted molar refractivity (Wildman–Crippen MR) is 501 cm³/mol. The quantitative estimate of drug-likeness (QED) is 0.0322. The summed E-state index contributed by atoms with van der Waals surface area (Å²) in [5.41, 5.74) is 0. The molecule has 0 aliphatic rings. The molecule has 804 valence electrons. The molecule has 0 amide bonds. The highest BCUT2D eigenvalue weighted by Gasteiger charge is 2.13. The summed E-state index contributed by atoms with van der Waals surface area (Å²) in [5.74, 6) is -2.66. The van der Waals surface area contributed by atoms with Crippen molar-refractivity contribution in [3.05, 3.63) is 75.9 Å². The first-order valence-corrected chi connectivity index (χ1v) is 45.9. The number of methoxy groups -OCH3 is 5. The van der Waals surface area contributed by atoms with Crippen LogP contribution in [0.1, 0.15) is 47.0 Å². The Labute approximate surface area is 809 Å². The summed E-state index contributed by atoms with van der Waals surface area (Å²) in [6, 6.07) is 0. The molecular weight excluding hydrogens is 1800 g/mol. The molecule has 0 rings (SSSR count). The lowest BCUT2D eigenvalue weighted by Crippen LogP contribution is -2.27. The van der Waals surface area contributed by atoms with Crippen LogP contribution in [0.2, 0.25) is 0 Å². The lowest BCUT2D eigenvalue weighted by atomic mass is 10.3. The van der Waals surface area contributed by atoms with Crippen LogP contribution in [0.5, 0.6) is 0 Å². The van der Waals surface area contributed by atoms with Gasteiger partial charge in [-0.25, -0.2) is 28.8 Å². The molecule has 136 heavy (non-hydrogen) atoms. The minimum atomic E-state index is -0.454. The van der Waals surface area contributed by atoms with Gasteiger partial charge in [-0.1, -0.05) is 59.2 Å². The van der Waals surface area contributed by atoms with Gasteiger partial charge in [-0.15, -0.1) is 0 Å². The third-order valence-electron chi connectivity index (χ3n) is 15.0. The molecule has 0 saturated heterocycles. The highest BCUT2D eigenvalue weighted by atomic mass is 16.6. The lowest BCUT2D eigenvalue weighted by Gasteiger charge is -2.19. The third kappa shape index (κ3) is 141. The summed E-state index contributed by atoms with van der Waals surface area (Å²) in [5, 5.41) is 0. The molecule has 0 radical (unpaired) electrons. The van der Waals surface area contributed by atoms with Gasteiger partial charge in [0, 0.05) is 78.6 Å². The number of unbranched alkanes of at least 4 members (excludes halogenated alkanes) is 2. The van der Waals surface area contributed by atoms with Crippen molar-refractivity contribution < 1.29 is 204 Å². The van der Waals surface area contributed by atoms with Crippen molar-refractivity contribution in [2.75, 3.05) is 432 Å². The summed E-state index contributed by atoms with van der Waals surface area (Å²) in [7, 11) is 8.18. The lowest BCUT2D eigenvalue weighted by molar-refractivity contribution is -0.147. The Morgan fingerprint density at radius 1 is 0.184 bits per heavy atom. The summed E-state index contributed by atoms with van der Waals surface area (Å²) >= 11 is 0. The van der Waals surface area contributed by atoms with Gasteiger partial charge in [0.1, 0.15) is 39.1 Å². The zero-order valence-electron chi connectivity index (χ0n) is 83.5. The van der Waals surface area contributed by atoms with Crippen molar-refractivity contribution in [2.24, 2.45) is 0 Å². The van der Waals surface area contributed by atoms with Gasteiger partial charge < -0.3 is 175 Å². The Morgan fingerprint density at radius 2 is 0.331 bits per heavy atom. The van der Waals surface area contributed by atoms with E-state index in [0.29, 0.717) is 357 Å². The molecule has 43 heteroatoms. The zero-order valence-corrected chi connectivity index (χ0v) is 83.5. The van der Waals surface area contributed by atoms with Crippen molar-refractivity contribution in [3.63, 3.8) is 0 Å². The van der Waals surface area contributed by atoms with E-state index in [-0.39, 0.29) is 51.3 Å². The highest BCUT2D eigenvalue weighted by Crippen LogP contribution is 2.02. The smallest absolute Gasteiger partial charge is 0.330 e. The maximum Gasteiger partial charge on any atom is 0.330 e. The number of carbonyl (C=O) groups is 6. The maximum atomic E-state index is 10.9. The average Bonchev–Trinajstić information content (AvgIpc) is 0.975. The molecule has 0 aliphatic heterocycles. The number of carbonyl (C=O) groups excluding carboxylic acids is 6. The number of esters is 6. The Bertz CT molecular complexity index is 2480. The Kier molecular flexibility index (Phi) is 136. The SMILES string of the molecule is C=CC(=O)OC(C)COC(C)COC(C)COC.C=CC(=O)OCCOCCOCCCCC.C=CC(=O)OCCOCCOCCOCCOCCOC.C=CC(=O)OCCOCCOCCOCCOCCOCCOC.C=CC(=O)OCCOCCOCCOCCOCCOCCOCCOC.C=CC(=O)OCCOCCOCCOCCOCCOCCOCCOCCOC. The van der Waals surface area contributed by atoms with Crippen molar-refractivity contribution in [1.82, 2.24) is 0 Å². The molecule has 0 fully saturated rings. The molecule has 0 spiro atoms. The van der Waals surface area contributed by atoms with Crippen LogP contribution in [-0.4, -0.2) is 486 Å². The fourth-order valence-corrected chi connectivity index (χ4v) is 8.22. The first kappa shape index (κ1) is 141. The van der Waals surface area contributed by atoms with E-state index in [1.807, 2.05) is 13.8 Å². The second kappa shape index (κ2) is 131. The van der Waals surface area contributed by atoms with Crippen LogP contribution in [0.25, 0.3) is 0 Å². The van der Waals surface area contributed by atoms with E-state index in [1.54, 1.807) is 42.5 Å². The van der Waals surface area contributed by atoms with Gasteiger partial charge in [0.15, 0.2) is 0 Å². The van der Waals surface area contributed by atoms with E-state index in [0.717, 1.165) is 49.5 Å². The Balaban J connectivity index is -0.000000377. The molecule has 0 aromatic carbocycles. The Hall–Kier alpha value is -5.98. The molecule has 0 bridgehead atoms. The van der Waals surface area contributed by atoms with Crippen LogP contribution in [0.4, 0.5) is 0 Å². The standard InChI is InChI=1S/C20H38O10.C18H34O9.C16H30O8.C14H26O7.C13H24O5.C12H22O4/c1-3-20(21)30-19-18-29-17-16-28-15-14-27-13-12-26-11-10-25-9-8-24-7-6-23-5-4-22-2;1-3-18(19)27-17-16-26-15-14-25-13-12-24-11-10-23-9-8-22-7-6-21-5-4-20-2;1-3-16(17)24-15-14-23-13-12-22-11-10-21-9-8-20-7-6-19-5-4-18-2;1-3-14(15)21-13-12-20-11-10-19-9-8-18-7-6-17-5-4-16-2;1-6-13(14)18-12(4)9-17-11(3)8-16-10(2)7-15-5;1-3-5-6-7-14-8-9-15-10-11-16-12(13)4-2/h3H,1,4-19H2,2H3;3H,1,4-17H2,2H3;3H,1,4-15H2,2H3;3H,1,4-13H2,2H3;6,10-12H,1,7-9H2,2-5H3;4H,2-3,5-11H2,1H3. The summed E-state index contributed by atoms with van der Waals surface area (Å²) < 4.78 is 191. The minimum absolute atomic E-state index is 0.0390. The Morgan fingerprint density at radius 3 is 0.485 bits per heavy atom. The number of hydrogen-bond acceptors (Lipinski definition) is 43. The van der Waals surface area contributed by atoms with Gasteiger partial charge in [-0.3, -0.25) is 0 Å². The van der Waals surface area contributed by atoms with Crippen LogP contribution >= 0.6 is 0 Å². The second-order valence-electron chi connectivity index (χ2n) is 26.4. The fraction of sp³-hybridized carbons (Fsp3) is 0.806. The van der Waals surface area contributed by atoms with E-state index < -0.39 is 35.8 Å². The molecule has 0 aromatic rings. The van der Waals surface area contributed by atoms with Gasteiger partial charge in [-0.05, 0) is 27.2 Å². The topological polar surface area (TPSA) is 444 Å². The van der Waals surface area contributed by atoms with Crippen LogP contribution in [0, 0.1) is 0 Å². The van der Waals surface area contributed by atoms with Crippen LogP contribution in [-0.2, 0) is 204 Å². The molecule has 0 saturated carbocycles. The molecule has 0 aliphatic carbocycles. The molecule has 0 heterocycles. The fourth-order valence-electron chi connectivity index (χ4n) is 8.22. The average molecular weight is 1980 g/mol. The molecule has 3 unspecified atom stereocenters. The number of hydrogen-bond donors (Lipinski definition) is 0. The van der Waals surface area contributed by atoms with Crippen LogP contribution in [0.3, 0.4) is 0 Å². The molecule has 0 aromatic heterocycles. The van der Waals surface area contributed by atoms with Crippen molar-refractivity contribution >= 4 is 35.8 Å². The predicted octanol–water partition coefficient (Wildman–Crippen LogP) is 5.31. The third-order valence-corrected chi connectivity index (χ3v) is 15.0. The summed E-state index contributed by atoms with van der Waals surface area (Å²) in [4.78, 5) is 64.5. The summed E-state index contributed by atoms with van der Waals surface area (Å²) in [6.07, 6.45) is 9.93. The van der Waals surface area contributed by atoms with Gasteiger partial charge in [0.05, 0.1) is 369 Å². The highest BCUT2D eigenvalue weighted by molar-refractivity contribution is 5.82. The van der Waals surface area contributed by atoms with Crippen molar-refractivity contribution in [3.8, 4) is 0 Å². The largest absolute Gasteiger partial charge is 0.460 e. The first-order valence-electron chi connectivity index (χ1n) is 45.9. The van der Waals surface area contributed by atoms with E-state index in [9.17, 15) is 28.8 Å². The number of rotatable bonds is 103. The summed E-state index contributed by atoms with van der Waals surface area (Å²) in [6.45, 7) is 56.6.